The molecule has 1 aromatic heterocycles. The second-order valence-corrected chi connectivity index (χ2v) is 7.52. The van der Waals surface area contributed by atoms with Crippen LogP contribution in [0.5, 0.6) is 17.2 Å². The van der Waals surface area contributed by atoms with E-state index < -0.39 is 6.03 Å². The van der Waals surface area contributed by atoms with Crippen LogP contribution in [-0.4, -0.2) is 37.2 Å². The van der Waals surface area contributed by atoms with Crippen molar-refractivity contribution in [1.29, 1.82) is 0 Å². The fourth-order valence-corrected chi connectivity index (χ4v) is 3.82. The average Bonchev–Trinajstić information content (AvgIpc) is 3.14. The van der Waals surface area contributed by atoms with Crippen molar-refractivity contribution in [2.24, 2.45) is 0 Å². The van der Waals surface area contributed by atoms with E-state index in [4.69, 9.17) is 14.2 Å². The van der Waals surface area contributed by atoms with Crippen LogP contribution in [0.2, 0.25) is 0 Å². The smallest absolute Gasteiger partial charge is 0.325 e. The zero-order valence-electron chi connectivity index (χ0n) is 16.9. The predicted octanol–water partition coefficient (Wildman–Crippen LogP) is 4.13. The van der Waals surface area contributed by atoms with Crippen molar-refractivity contribution in [3.8, 4) is 17.2 Å². The number of para-hydroxylation sites is 2. The van der Waals surface area contributed by atoms with Gasteiger partial charge in [0.15, 0.2) is 16.6 Å². The molecule has 160 valence electrons. The van der Waals surface area contributed by atoms with Gasteiger partial charge in [-0.1, -0.05) is 23.5 Å². The number of aryl methyl sites for hydroxylation is 1. The number of carbonyl (C=O) groups is 2. The minimum absolute atomic E-state index is 0.303. The predicted molar refractivity (Wildman–Crippen MR) is 118 cm³/mol. The zero-order valence-corrected chi connectivity index (χ0v) is 17.7. The Morgan fingerprint density at radius 2 is 1.81 bits per heavy atom. The van der Waals surface area contributed by atoms with Crippen molar-refractivity contribution in [3.05, 3.63) is 53.0 Å². The molecule has 2 heterocycles. The molecule has 0 atom stereocenters. The minimum Gasteiger partial charge on any atom is -0.495 e. The van der Waals surface area contributed by atoms with Gasteiger partial charge in [0, 0.05) is 11.8 Å². The third-order valence-electron chi connectivity index (χ3n) is 4.38. The molecule has 0 saturated heterocycles. The number of nitrogens with one attached hydrogen (secondary N) is 3. The number of hydrogen-bond acceptors (Lipinski definition) is 7. The van der Waals surface area contributed by atoms with Gasteiger partial charge in [0.25, 0.3) is 5.91 Å². The van der Waals surface area contributed by atoms with Crippen molar-refractivity contribution < 1.29 is 23.8 Å². The third kappa shape index (κ3) is 4.69. The number of urea groups is 1. The highest BCUT2D eigenvalue weighted by Crippen LogP contribution is 2.33. The van der Waals surface area contributed by atoms with E-state index in [1.54, 1.807) is 49.4 Å². The van der Waals surface area contributed by atoms with Crippen molar-refractivity contribution in [2.45, 2.75) is 6.92 Å². The van der Waals surface area contributed by atoms with Gasteiger partial charge in [0.2, 0.25) is 0 Å². The Morgan fingerprint density at radius 3 is 2.61 bits per heavy atom. The summed E-state index contributed by atoms with van der Waals surface area (Å²) in [5.74, 6) is 1.43. The monoisotopic (exact) mass is 440 g/mol. The van der Waals surface area contributed by atoms with E-state index in [-0.39, 0.29) is 5.91 Å². The molecular formula is C21H20N4O5S. The molecule has 0 unspecified atom stereocenters. The second-order valence-electron chi connectivity index (χ2n) is 6.53. The number of aromatic nitrogens is 1. The fraction of sp³-hybridized carbons (Fsp3) is 0.190. The molecule has 0 aliphatic carbocycles. The van der Waals surface area contributed by atoms with Crippen molar-refractivity contribution in [1.82, 2.24) is 4.98 Å². The van der Waals surface area contributed by atoms with Crippen LogP contribution in [0.15, 0.2) is 42.5 Å². The summed E-state index contributed by atoms with van der Waals surface area (Å²) in [6.07, 6.45) is 0. The van der Waals surface area contributed by atoms with Gasteiger partial charge in [-0.3, -0.25) is 10.1 Å². The maximum absolute atomic E-state index is 12.7. The molecule has 0 bridgehead atoms. The van der Waals surface area contributed by atoms with E-state index in [0.29, 0.717) is 57.5 Å². The number of hydrogen-bond donors (Lipinski definition) is 3. The molecule has 0 fully saturated rings. The summed E-state index contributed by atoms with van der Waals surface area (Å²) < 4.78 is 16.2. The Bertz CT molecular complexity index is 1130. The lowest BCUT2D eigenvalue weighted by Gasteiger charge is -2.18. The summed E-state index contributed by atoms with van der Waals surface area (Å²) in [4.78, 5) is 29.7. The number of nitrogens with zero attached hydrogens (tertiary/aromatic N) is 1. The van der Waals surface area contributed by atoms with Gasteiger partial charge in [-0.15, -0.1) is 0 Å². The molecule has 10 heteroatoms. The van der Waals surface area contributed by atoms with Crippen LogP contribution in [-0.2, 0) is 0 Å². The molecule has 2 aromatic carbocycles. The topological polar surface area (TPSA) is 111 Å². The van der Waals surface area contributed by atoms with E-state index in [2.05, 4.69) is 20.9 Å². The van der Waals surface area contributed by atoms with Gasteiger partial charge in [0.1, 0.15) is 23.8 Å². The first kappa shape index (κ1) is 20.5. The fourth-order valence-electron chi connectivity index (χ4n) is 2.97. The molecule has 0 saturated carbocycles. The quantitative estimate of drug-likeness (QED) is 0.550. The van der Waals surface area contributed by atoms with Crippen LogP contribution in [0, 0.1) is 6.92 Å². The number of anilines is 3. The highest BCUT2D eigenvalue weighted by Gasteiger charge is 2.19. The molecular weight excluding hydrogens is 420 g/mol. The van der Waals surface area contributed by atoms with Crippen LogP contribution < -0.4 is 30.2 Å². The molecule has 9 nitrogen and oxygen atoms in total. The van der Waals surface area contributed by atoms with Gasteiger partial charge < -0.3 is 24.8 Å². The highest BCUT2D eigenvalue weighted by molar-refractivity contribution is 7.17. The first-order chi connectivity index (χ1) is 15.0. The minimum atomic E-state index is -0.489. The van der Waals surface area contributed by atoms with Gasteiger partial charge in [0.05, 0.1) is 18.5 Å². The lowest BCUT2D eigenvalue weighted by Crippen LogP contribution is -2.19. The van der Waals surface area contributed by atoms with E-state index in [9.17, 15) is 9.59 Å². The Labute approximate surface area is 182 Å². The first-order valence-corrected chi connectivity index (χ1v) is 10.2. The second kappa shape index (κ2) is 8.92. The van der Waals surface area contributed by atoms with Gasteiger partial charge >= 0.3 is 6.03 Å². The first-order valence-electron chi connectivity index (χ1n) is 9.43. The summed E-state index contributed by atoms with van der Waals surface area (Å²) in [6, 6.07) is 11.8. The van der Waals surface area contributed by atoms with Crippen LogP contribution >= 0.6 is 11.3 Å². The maximum atomic E-state index is 12.7. The van der Waals surface area contributed by atoms with E-state index in [1.165, 1.54) is 7.11 Å². The van der Waals surface area contributed by atoms with Gasteiger partial charge in [-0.25, -0.2) is 9.78 Å². The van der Waals surface area contributed by atoms with Gasteiger partial charge in [-0.05, 0) is 31.2 Å². The third-order valence-corrected chi connectivity index (χ3v) is 5.45. The summed E-state index contributed by atoms with van der Waals surface area (Å²) in [5, 5.41) is 8.47. The van der Waals surface area contributed by atoms with E-state index in [0.717, 1.165) is 11.3 Å². The Kier molecular flexibility index (Phi) is 5.89. The number of carbonyl (C=O) groups excluding carboxylic acids is 2. The van der Waals surface area contributed by atoms with Crippen LogP contribution in [0.25, 0.3) is 0 Å². The average molecular weight is 440 g/mol. The lowest BCUT2D eigenvalue weighted by atomic mass is 10.2. The molecule has 3 N–H and O–H groups in total. The molecule has 0 radical (unpaired) electrons. The van der Waals surface area contributed by atoms with Crippen LogP contribution in [0.4, 0.5) is 21.3 Å². The number of methoxy groups -OCH3 is 1. The Hall–Kier alpha value is -3.79. The summed E-state index contributed by atoms with van der Waals surface area (Å²) in [5.41, 5.74) is 1.60. The normalized spacial score (nSPS) is 12.1. The number of amides is 3. The van der Waals surface area contributed by atoms with E-state index >= 15 is 0 Å². The molecule has 0 spiro atoms. The summed E-state index contributed by atoms with van der Waals surface area (Å²) in [6.45, 7) is 2.67. The van der Waals surface area contributed by atoms with Gasteiger partial charge in [-0.2, -0.15) is 0 Å². The number of rotatable bonds is 5. The zero-order chi connectivity index (χ0) is 21.8. The molecule has 1 aliphatic rings. The molecule has 31 heavy (non-hydrogen) atoms. The molecule has 1 aliphatic heterocycles. The largest absolute Gasteiger partial charge is 0.495 e. The molecule has 4 rings (SSSR count). The SMILES string of the molecule is COc1ccccc1NC(=O)Nc1nc(C)c(C(=O)Nc2ccc3c(c2)OCCO3)s1. The highest BCUT2D eigenvalue weighted by atomic mass is 32.1. The van der Waals surface area contributed by atoms with Crippen molar-refractivity contribution in [3.63, 3.8) is 0 Å². The summed E-state index contributed by atoms with van der Waals surface area (Å²) in [7, 11) is 1.52. The lowest BCUT2D eigenvalue weighted by molar-refractivity contribution is 0.102. The van der Waals surface area contributed by atoms with Crippen molar-refractivity contribution in [2.75, 3.05) is 36.3 Å². The van der Waals surface area contributed by atoms with Crippen molar-refractivity contribution >= 4 is 39.8 Å². The molecule has 3 amide bonds. The number of thiazole rings is 1. The standard InChI is InChI=1S/C21H20N4O5S/c1-12-18(19(26)23-13-7-8-16-17(11-13)30-10-9-29-16)31-21(22-12)25-20(27)24-14-5-3-4-6-15(14)28-2/h3-8,11H,9-10H2,1-2H3,(H,23,26)(H2,22,24,25,27). The number of ether oxygens (including phenoxy) is 3. The number of fused-ring (bicyclic) bond motifs is 1. The van der Waals surface area contributed by atoms with E-state index in [1.807, 2.05) is 0 Å². The Morgan fingerprint density at radius 1 is 1.03 bits per heavy atom. The maximum Gasteiger partial charge on any atom is 0.325 e. The summed E-state index contributed by atoms with van der Waals surface area (Å²) >= 11 is 1.08. The van der Waals surface area contributed by atoms with Crippen LogP contribution in [0.3, 0.4) is 0 Å². The Balaban J connectivity index is 1.42. The number of benzene rings is 2. The van der Waals surface area contributed by atoms with Crippen LogP contribution in [0.1, 0.15) is 15.4 Å². The molecule has 3 aromatic rings.